The monoisotopic (exact) mass is 269 g/mol. The number of nitrogens with two attached hydrogens (primary N) is 1. The van der Waals surface area contributed by atoms with Crippen molar-refractivity contribution in [2.75, 3.05) is 0 Å². The van der Waals surface area contributed by atoms with Crippen LogP contribution in [0.5, 0.6) is 0 Å². The maximum Gasteiger partial charge on any atom is 0.110 e. The summed E-state index contributed by atoms with van der Waals surface area (Å²) in [5, 5.41) is 0. The Labute approximate surface area is 120 Å². The van der Waals surface area contributed by atoms with Crippen LogP contribution >= 0.6 is 0 Å². The lowest BCUT2D eigenvalue weighted by atomic mass is 9.78. The van der Waals surface area contributed by atoms with Crippen LogP contribution in [0.1, 0.15) is 42.6 Å². The minimum Gasteiger partial charge on any atom is -0.335 e. The van der Waals surface area contributed by atoms with Crippen molar-refractivity contribution in [1.29, 1.82) is 0 Å². The Morgan fingerprint density at radius 2 is 2.25 bits per heavy atom. The van der Waals surface area contributed by atoms with Crippen molar-refractivity contribution in [3.05, 3.63) is 53.6 Å². The molecule has 2 N–H and O–H groups in total. The molecule has 1 aliphatic rings. The molecule has 106 valence electrons. The lowest BCUT2D eigenvalue weighted by Crippen LogP contribution is -2.33. The van der Waals surface area contributed by atoms with Crippen LogP contribution in [-0.2, 0) is 19.4 Å². The minimum atomic E-state index is 0.157. The topological polar surface area (TPSA) is 43.8 Å². The Hall–Kier alpha value is -1.61. The van der Waals surface area contributed by atoms with E-state index in [0.717, 1.165) is 18.8 Å². The van der Waals surface area contributed by atoms with Crippen LogP contribution in [0.3, 0.4) is 0 Å². The third-order valence-corrected chi connectivity index (χ3v) is 4.49. The van der Waals surface area contributed by atoms with E-state index in [9.17, 15) is 0 Å². The Bertz CT molecular complexity index is 573. The zero-order valence-corrected chi connectivity index (χ0v) is 12.1. The third kappa shape index (κ3) is 2.50. The average molecular weight is 269 g/mol. The maximum atomic E-state index is 6.52. The summed E-state index contributed by atoms with van der Waals surface area (Å²) in [6, 6.07) is 8.93. The molecule has 0 saturated carbocycles. The van der Waals surface area contributed by atoms with Crippen molar-refractivity contribution in [1.82, 2.24) is 9.55 Å². The predicted molar refractivity (Wildman–Crippen MR) is 81.7 cm³/mol. The standard InChI is InChI=1S/C17H23N3/c1-2-20-11-10-19-17(20)12-16(18)15-9-5-7-13-6-3-4-8-14(13)15/h3-4,6,8,10-11,15-16H,2,5,7,9,12,18H2,1H3. The first kappa shape index (κ1) is 13.4. The fourth-order valence-corrected chi connectivity index (χ4v) is 3.41. The summed E-state index contributed by atoms with van der Waals surface area (Å²) in [7, 11) is 0. The Morgan fingerprint density at radius 1 is 1.40 bits per heavy atom. The molecule has 0 radical (unpaired) electrons. The highest BCUT2D eigenvalue weighted by atomic mass is 15.1. The number of fused-ring (bicyclic) bond motifs is 1. The molecule has 0 fully saturated rings. The van der Waals surface area contributed by atoms with Gasteiger partial charge in [0, 0.05) is 31.4 Å². The van der Waals surface area contributed by atoms with Crippen LogP contribution in [0.25, 0.3) is 0 Å². The lowest BCUT2D eigenvalue weighted by Gasteiger charge is -2.30. The van der Waals surface area contributed by atoms with Gasteiger partial charge in [-0.05, 0) is 43.2 Å². The average Bonchev–Trinajstić information content (AvgIpc) is 2.93. The highest BCUT2D eigenvalue weighted by molar-refractivity contribution is 5.33. The fourth-order valence-electron chi connectivity index (χ4n) is 3.41. The van der Waals surface area contributed by atoms with E-state index in [0.29, 0.717) is 5.92 Å². The van der Waals surface area contributed by atoms with Crippen molar-refractivity contribution in [3.63, 3.8) is 0 Å². The summed E-state index contributed by atoms with van der Waals surface area (Å²) in [6.07, 6.45) is 8.42. The minimum absolute atomic E-state index is 0.157. The molecule has 3 heteroatoms. The summed E-state index contributed by atoms with van der Waals surface area (Å²) in [5.41, 5.74) is 9.47. The number of hydrogen-bond acceptors (Lipinski definition) is 2. The summed E-state index contributed by atoms with van der Waals surface area (Å²) >= 11 is 0. The molecule has 1 aromatic heterocycles. The Morgan fingerprint density at radius 3 is 3.10 bits per heavy atom. The van der Waals surface area contributed by atoms with Gasteiger partial charge in [0.2, 0.25) is 0 Å². The third-order valence-electron chi connectivity index (χ3n) is 4.49. The Kier molecular flexibility index (Phi) is 3.88. The van der Waals surface area contributed by atoms with E-state index in [2.05, 4.69) is 40.7 Å². The van der Waals surface area contributed by atoms with Gasteiger partial charge in [-0.1, -0.05) is 24.3 Å². The molecule has 1 aromatic carbocycles. The maximum absolute atomic E-state index is 6.52. The number of aryl methyl sites for hydroxylation is 2. The van der Waals surface area contributed by atoms with E-state index in [1.54, 1.807) is 0 Å². The summed E-state index contributed by atoms with van der Waals surface area (Å²) in [4.78, 5) is 4.46. The van der Waals surface area contributed by atoms with Crippen LogP contribution in [0.2, 0.25) is 0 Å². The largest absolute Gasteiger partial charge is 0.335 e. The lowest BCUT2D eigenvalue weighted by molar-refractivity contribution is 0.449. The van der Waals surface area contributed by atoms with Crippen molar-refractivity contribution < 1.29 is 0 Å². The zero-order chi connectivity index (χ0) is 13.9. The number of rotatable bonds is 4. The van der Waals surface area contributed by atoms with Crippen LogP contribution in [0, 0.1) is 0 Å². The zero-order valence-electron chi connectivity index (χ0n) is 12.1. The molecule has 2 unspecified atom stereocenters. The molecule has 0 spiro atoms. The second kappa shape index (κ2) is 5.80. The highest BCUT2D eigenvalue weighted by Gasteiger charge is 2.26. The number of benzene rings is 1. The molecule has 20 heavy (non-hydrogen) atoms. The molecule has 2 aromatic rings. The van der Waals surface area contributed by atoms with Gasteiger partial charge >= 0.3 is 0 Å². The summed E-state index contributed by atoms with van der Waals surface area (Å²) in [6.45, 7) is 3.11. The van der Waals surface area contributed by atoms with Crippen molar-refractivity contribution >= 4 is 0 Å². The normalized spacial score (nSPS) is 19.6. The molecule has 3 rings (SSSR count). The molecular weight excluding hydrogens is 246 g/mol. The number of hydrogen-bond donors (Lipinski definition) is 1. The molecule has 1 heterocycles. The molecule has 3 nitrogen and oxygen atoms in total. The van der Waals surface area contributed by atoms with Gasteiger partial charge in [-0.3, -0.25) is 0 Å². The number of aromatic nitrogens is 2. The molecule has 0 bridgehead atoms. The van der Waals surface area contributed by atoms with Crippen LogP contribution in [0.4, 0.5) is 0 Å². The van der Waals surface area contributed by atoms with E-state index in [4.69, 9.17) is 5.73 Å². The van der Waals surface area contributed by atoms with E-state index in [-0.39, 0.29) is 6.04 Å². The molecule has 0 amide bonds. The first-order chi connectivity index (χ1) is 9.79. The van der Waals surface area contributed by atoms with Gasteiger partial charge in [0.15, 0.2) is 0 Å². The van der Waals surface area contributed by atoms with E-state index >= 15 is 0 Å². The molecular formula is C17H23N3. The van der Waals surface area contributed by atoms with Crippen molar-refractivity contribution in [3.8, 4) is 0 Å². The van der Waals surface area contributed by atoms with E-state index in [1.165, 1.54) is 30.4 Å². The van der Waals surface area contributed by atoms with Gasteiger partial charge in [0.25, 0.3) is 0 Å². The van der Waals surface area contributed by atoms with Gasteiger partial charge in [-0.25, -0.2) is 4.98 Å². The second-order valence-corrected chi connectivity index (χ2v) is 5.69. The molecule has 0 aliphatic heterocycles. The van der Waals surface area contributed by atoms with Gasteiger partial charge in [-0.15, -0.1) is 0 Å². The highest BCUT2D eigenvalue weighted by Crippen LogP contribution is 2.34. The van der Waals surface area contributed by atoms with Crippen LogP contribution in [-0.4, -0.2) is 15.6 Å². The number of nitrogens with zero attached hydrogens (tertiary/aromatic N) is 2. The summed E-state index contributed by atoms with van der Waals surface area (Å²) < 4.78 is 2.19. The molecule has 2 atom stereocenters. The van der Waals surface area contributed by atoms with Gasteiger partial charge < -0.3 is 10.3 Å². The molecule has 0 saturated heterocycles. The van der Waals surface area contributed by atoms with Gasteiger partial charge in [0.05, 0.1) is 0 Å². The second-order valence-electron chi connectivity index (χ2n) is 5.69. The Balaban J connectivity index is 1.80. The smallest absolute Gasteiger partial charge is 0.110 e. The predicted octanol–water partition coefficient (Wildman–Crippen LogP) is 2.89. The van der Waals surface area contributed by atoms with Crippen LogP contribution < -0.4 is 5.73 Å². The summed E-state index contributed by atoms with van der Waals surface area (Å²) in [5.74, 6) is 1.59. The van der Waals surface area contributed by atoms with Gasteiger partial charge in [-0.2, -0.15) is 0 Å². The molecule has 1 aliphatic carbocycles. The quantitative estimate of drug-likeness (QED) is 0.927. The van der Waals surface area contributed by atoms with E-state index in [1.807, 2.05) is 12.4 Å². The first-order valence-electron chi connectivity index (χ1n) is 7.63. The van der Waals surface area contributed by atoms with E-state index < -0.39 is 0 Å². The van der Waals surface area contributed by atoms with Crippen LogP contribution in [0.15, 0.2) is 36.7 Å². The SMILES string of the molecule is CCn1ccnc1CC(N)C1CCCc2ccccc21. The number of imidazole rings is 1. The van der Waals surface area contributed by atoms with Crippen molar-refractivity contribution in [2.45, 2.75) is 51.1 Å². The fraction of sp³-hybridized carbons (Fsp3) is 0.471. The van der Waals surface area contributed by atoms with Gasteiger partial charge in [0.1, 0.15) is 5.82 Å². The first-order valence-corrected chi connectivity index (χ1v) is 7.63. The van der Waals surface area contributed by atoms with Crippen molar-refractivity contribution in [2.24, 2.45) is 5.73 Å².